The van der Waals surface area contributed by atoms with Crippen LogP contribution in [0, 0.1) is 11.8 Å². The maximum Gasteiger partial charge on any atom is 0.193 e. The zero-order valence-corrected chi connectivity index (χ0v) is 14.0. The Bertz CT molecular complexity index is 330. The number of ether oxygens (including phenoxy) is 1. The zero-order chi connectivity index (χ0) is 15.1. The van der Waals surface area contributed by atoms with Crippen molar-refractivity contribution in [3.05, 3.63) is 0 Å². The summed E-state index contributed by atoms with van der Waals surface area (Å²) in [6.07, 6.45) is 4.01. The van der Waals surface area contributed by atoms with Crippen LogP contribution in [-0.4, -0.2) is 75.8 Å². The van der Waals surface area contributed by atoms with Gasteiger partial charge in [0.15, 0.2) is 5.96 Å². The number of nitrogens with one attached hydrogen (secondary N) is 1. The molecule has 0 aromatic heterocycles. The van der Waals surface area contributed by atoms with Gasteiger partial charge in [-0.2, -0.15) is 0 Å². The van der Waals surface area contributed by atoms with E-state index in [9.17, 15) is 0 Å². The molecule has 0 radical (unpaired) electrons. The normalized spacial score (nSPS) is 23.6. The van der Waals surface area contributed by atoms with Crippen molar-refractivity contribution in [2.24, 2.45) is 16.8 Å². The lowest BCUT2D eigenvalue weighted by atomic mass is 10.1. The standard InChI is InChI=1S/C16H32N4O/c1-4-20-8-7-15(12-20)11-18-16(17-2)19(3)9-10-21-13-14-5-6-14/h14-15H,4-13H2,1-3H3,(H,17,18). The highest BCUT2D eigenvalue weighted by Crippen LogP contribution is 2.28. The third-order valence-electron chi connectivity index (χ3n) is 4.56. The SMILES string of the molecule is CCN1CCC(CNC(=NC)N(C)CCOCC2CC2)C1. The molecule has 2 aliphatic rings. The van der Waals surface area contributed by atoms with Crippen molar-refractivity contribution >= 4 is 5.96 Å². The van der Waals surface area contributed by atoms with Crippen LogP contribution in [0.5, 0.6) is 0 Å². The van der Waals surface area contributed by atoms with E-state index in [-0.39, 0.29) is 0 Å². The van der Waals surface area contributed by atoms with Gasteiger partial charge in [-0.1, -0.05) is 6.92 Å². The zero-order valence-electron chi connectivity index (χ0n) is 14.0. The Balaban J connectivity index is 1.59. The van der Waals surface area contributed by atoms with Gasteiger partial charge in [0, 0.05) is 40.3 Å². The number of guanidine groups is 1. The molecule has 0 spiro atoms. The molecule has 122 valence electrons. The second-order valence-electron chi connectivity index (χ2n) is 6.42. The van der Waals surface area contributed by atoms with Crippen LogP contribution in [-0.2, 0) is 4.74 Å². The predicted molar refractivity (Wildman–Crippen MR) is 87.8 cm³/mol. The van der Waals surface area contributed by atoms with Crippen LogP contribution < -0.4 is 5.32 Å². The number of likely N-dealkylation sites (N-methyl/N-ethyl adjacent to an activating group) is 1. The molecule has 0 aromatic carbocycles. The van der Waals surface area contributed by atoms with Gasteiger partial charge in [0.25, 0.3) is 0 Å². The van der Waals surface area contributed by atoms with Crippen LogP contribution >= 0.6 is 0 Å². The van der Waals surface area contributed by atoms with Crippen molar-refractivity contribution in [3.8, 4) is 0 Å². The minimum Gasteiger partial charge on any atom is -0.379 e. The monoisotopic (exact) mass is 296 g/mol. The van der Waals surface area contributed by atoms with Gasteiger partial charge >= 0.3 is 0 Å². The first-order valence-electron chi connectivity index (χ1n) is 8.44. The number of hydrogen-bond donors (Lipinski definition) is 1. The number of hydrogen-bond acceptors (Lipinski definition) is 3. The van der Waals surface area contributed by atoms with Crippen LogP contribution in [0.2, 0.25) is 0 Å². The third kappa shape index (κ3) is 5.83. The lowest BCUT2D eigenvalue weighted by Crippen LogP contribution is -2.42. The molecule has 1 atom stereocenters. The van der Waals surface area contributed by atoms with Crippen LogP contribution in [0.15, 0.2) is 4.99 Å². The molecule has 0 bridgehead atoms. The summed E-state index contributed by atoms with van der Waals surface area (Å²) in [5.41, 5.74) is 0. The molecule has 1 aliphatic heterocycles. The van der Waals surface area contributed by atoms with E-state index >= 15 is 0 Å². The molecule has 1 unspecified atom stereocenters. The summed E-state index contributed by atoms with van der Waals surface area (Å²) in [4.78, 5) is 9.06. The van der Waals surface area contributed by atoms with Crippen molar-refractivity contribution < 1.29 is 4.74 Å². The van der Waals surface area contributed by atoms with E-state index in [1.807, 2.05) is 7.05 Å². The lowest BCUT2D eigenvalue weighted by molar-refractivity contribution is 0.115. The van der Waals surface area contributed by atoms with Gasteiger partial charge in [-0.15, -0.1) is 0 Å². The Morgan fingerprint density at radius 3 is 2.76 bits per heavy atom. The van der Waals surface area contributed by atoms with E-state index in [2.05, 4.69) is 34.1 Å². The smallest absolute Gasteiger partial charge is 0.193 e. The molecule has 5 heteroatoms. The maximum atomic E-state index is 5.70. The summed E-state index contributed by atoms with van der Waals surface area (Å²) in [6, 6.07) is 0. The van der Waals surface area contributed by atoms with Crippen molar-refractivity contribution in [1.82, 2.24) is 15.1 Å². The number of aliphatic imine (C=N–C) groups is 1. The van der Waals surface area contributed by atoms with Gasteiger partial charge in [0.2, 0.25) is 0 Å². The lowest BCUT2D eigenvalue weighted by Gasteiger charge is -2.23. The fourth-order valence-electron chi connectivity index (χ4n) is 2.83. The second kappa shape index (κ2) is 8.59. The second-order valence-corrected chi connectivity index (χ2v) is 6.42. The van der Waals surface area contributed by atoms with Crippen molar-refractivity contribution in [2.45, 2.75) is 26.2 Å². The summed E-state index contributed by atoms with van der Waals surface area (Å²) in [5, 5.41) is 3.51. The summed E-state index contributed by atoms with van der Waals surface area (Å²) < 4.78 is 5.70. The van der Waals surface area contributed by atoms with Crippen molar-refractivity contribution in [3.63, 3.8) is 0 Å². The Kier molecular flexibility index (Phi) is 6.77. The van der Waals surface area contributed by atoms with Gasteiger partial charge in [-0.3, -0.25) is 4.99 Å². The van der Waals surface area contributed by atoms with Gasteiger partial charge in [0.05, 0.1) is 6.61 Å². The largest absolute Gasteiger partial charge is 0.379 e. The molecule has 5 nitrogen and oxygen atoms in total. The fourth-order valence-corrected chi connectivity index (χ4v) is 2.83. The third-order valence-corrected chi connectivity index (χ3v) is 4.56. The number of rotatable bonds is 8. The minimum absolute atomic E-state index is 0.751. The van der Waals surface area contributed by atoms with E-state index in [4.69, 9.17) is 4.74 Å². The molecule has 1 saturated carbocycles. The first-order valence-corrected chi connectivity index (χ1v) is 8.44. The highest BCUT2D eigenvalue weighted by Gasteiger charge is 2.22. The van der Waals surface area contributed by atoms with Crippen LogP contribution in [0.4, 0.5) is 0 Å². The molecule has 0 aromatic rings. The average Bonchev–Trinajstić information content (AvgIpc) is 3.21. The Morgan fingerprint density at radius 2 is 2.14 bits per heavy atom. The highest BCUT2D eigenvalue weighted by atomic mass is 16.5. The predicted octanol–water partition coefficient (Wildman–Crippen LogP) is 1.26. The first-order chi connectivity index (χ1) is 10.2. The van der Waals surface area contributed by atoms with E-state index < -0.39 is 0 Å². The topological polar surface area (TPSA) is 40.1 Å². The van der Waals surface area contributed by atoms with Crippen LogP contribution in [0.1, 0.15) is 26.2 Å². The Labute approximate surface area is 129 Å². The average molecular weight is 296 g/mol. The molecule has 21 heavy (non-hydrogen) atoms. The van der Waals surface area contributed by atoms with Gasteiger partial charge in [0.1, 0.15) is 0 Å². The van der Waals surface area contributed by atoms with Gasteiger partial charge in [-0.05, 0) is 44.2 Å². The summed E-state index contributed by atoms with van der Waals surface area (Å²) in [5.74, 6) is 2.58. The quantitative estimate of drug-likeness (QED) is 0.416. The summed E-state index contributed by atoms with van der Waals surface area (Å²) >= 11 is 0. The molecule has 2 fully saturated rings. The fraction of sp³-hybridized carbons (Fsp3) is 0.938. The first kappa shape index (κ1) is 16.6. The van der Waals surface area contributed by atoms with Crippen molar-refractivity contribution in [2.75, 3.05) is 60.0 Å². The molecule has 0 amide bonds. The van der Waals surface area contributed by atoms with E-state index in [1.54, 1.807) is 0 Å². The Hall–Kier alpha value is -0.810. The Morgan fingerprint density at radius 1 is 1.33 bits per heavy atom. The van der Waals surface area contributed by atoms with E-state index in [0.29, 0.717) is 0 Å². The molecule has 2 rings (SSSR count). The molecular formula is C16H32N4O. The van der Waals surface area contributed by atoms with Crippen LogP contribution in [0.25, 0.3) is 0 Å². The molecular weight excluding hydrogens is 264 g/mol. The number of nitrogens with zero attached hydrogens (tertiary/aromatic N) is 3. The molecule has 1 saturated heterocycles. The molecule has 1 heterocycles. The molecule has 1 N–H and O–H groups in total. The number of likely N-dealkylation sites (tertiary alicyclic amines) is 1. The highest BCUT2D eigenvalue weighted by molar-refractivity contribution is 5.79. The van der Waals surface area contributed by atoms with E-state index in [0.717, 1.165) is 44.1 Å². The van der Waals surface area contributed by atoms with Crippen molar-refractivity contribution in [1.29, 1.82) is 0 Å². The molecule has 1 aliphatic carbocycles. The minimum atomic E-state index is 0.751. The maximum absolute atomic E-state index is 5.70. The summed E-state index contributed by atoms with van der Waals surface area (Å²) in [6.45, 7) is 9.53. The van der Waals surface area contributed by atoms with Gasteiger partial charge < -0.3 is 19.9 Å². The van der Waals surface area contributed by atoms with Gasteiger partial charge in [-0.25, -0.2) is 0 Å². The van der Waals surface area contributed by atoms with Crippen LogP contribution in [0.3, 0.4) is 0 Å². The van der Waals surface area contributed by atoms with E-state index in [1.165, 1.54) is 38.9 Å². The summed E-state index contributed by atoms with van der Waals surface area (Å²) in [7, 11) is 3.94.